The van der Waals surface area contributed by atoms with E-state index in [1.165, 1.54) is 4.88 Å². The maximum absolute atomic E-state index is 5.89. The van der Waals surface area contributed by atoms with Gasteiger partial charge in [0, 0.05) is 34.0 Å². The molecule has 5 heteroatoms. The van der Waals surface area contributed by atoms with Crippen LogP contribution in [0.1, 0.15) is 23.4 Å². The third-order valence-corrected chi connectivity index (χ3v) is 4.38. The molecule has 0 fully saturated rings. The summed E-state index contributed by atoms with van der Waals surface area (Å²) in [4.78, 5) is 7.82. The van der Waals surface area contributed by atoms with Crippen molar-refractivity contribution in [1.29, 1.82) is 0 Å². The second kappa shape index (κ2) is 5.82. The van der Waals surface area contributed by atoms with Crippen LogP contribution in [-0.4, -0.2) is 12.0 Å². The number of anilines is 1. The number of pyridine rings is 1. The zero-order chi connectivity index (χ0) is 13.1. The summed E-state index contributed by atoms with van der Waals surface area (Å²) in [5.41, 5.74) is 7.00. The molecule has 3 nitrogen and oxygen atoms in total. The first-order valence-corrected chi connectivity index (χ1v) is 7.39. The maximum Gasteiger partial charge on any atom is 0.128 e. The summed E-state index contributed by atoms with van der Waals surface area (Å²) in [6, 6.07) is 6.18. The van der Waals surface area contributed by atoms with Crippen LogP contribution < -0.4 is 10.6 Å². The average Bonchev–Trinajstić information content (AvgIpc) is 2.75. The molecule has 0 bridgehead atoms. The number of aromatic nitrogens is 1. The first-order chi connectivity index (χ1) is 8.56. The van der Waals surface area contributed by atoms with Crippen LogP contribution in [0.2, 0.25) is 0 Å². The minimum absolute atomic E-state index is 0.0380. The molecule has 0 aliphatic heterocycles. The van der Waals surface area contributed by atoms with Crippen molar-refractivity contribution in [2.24, 2.45) is 5.73 Å². The minimum Gasteiger partial charge on any atom is -0.355 e. The highest BCUT2D eigenvalue weighted by molar-refractivity contribution is 9.10. The number of thiophene rings is 1. The fourth-order valence-corrected chi connectivity index (χ4v) is 3.18. The molecule has 2 aromatic heterocycles. The molecule has 1 atom stereocenters. The van der Waals surface area contributed by atoms with Gasteiger partial charge in [0.2, 0.25) is 0 Å². The Morgan fingerprint density at radius 2 is 2.28 bits per heavy atom. The molecule has 0 saturated heterocycles. The fourth-order valence-electron chi connectivity index (χ4n) is 1.68. The summed E-state index contributed by atoms with van der Waals surface area (Å²) in [6.45, 7) is 2.83. The SMILES string of the molecule is C[C@@H](N)c1ccnc(N(C)Cc2cc(Br)cs2)c1. The molecule has 2 aromatic rings. The fraction of sp³-hybridized carbons (Fsp3) is 0.308. The molecular weight excluding hydrogens is 310 g/mol. The Hall–Kier alpha value is -0.910. The largest absolute Gasteiger partial charge is 0.355 e. The lowest BCUT2D eigenvalue weighted by Crippen LogP contribution is -2.17. The van der Waals surface area contributed by atoms with E-state index in [1.807, 2.05) is 32.3 Å². The lowest BCUT2D eigenvalue weighted by molar-refractivity contribution is 0.810. The van der Waals surface area contributed by atoms with E-state index in [0.717, 1.165) is 22.4 Å². The Balaban J connectivity index is 2.13. The van der Waals surface area contributed by atoms with Crippen molar-refractivity contribution in [2.75, 3.05) is 11.9 Å². The van der Waals surface area contributed by atoms with Gasteiger partial charge in [0.1, 0.15) is 5.82 Å². The lowest BCUT2D eigenvalue weighted by atomic mass is 10.1. The number of nitrogens with zero attached hydrogens (tertiary/aromatic N) is 2. The molecule has 2 rings (SSSR count). The predicted octanol–water partition coefficient (Wildman–Crippen LogP) is 3.56. The normalized spacial score (nSPS) is 12.4. The number of hydrogen-bond donors (Lipinski definition) is 1. The summed E-state index contributed by atoms with van der Waals surface area (Å²) >= 11 is 5.21. The highest BCUT2D eigenvalue weighted by Crippen LogP contribution is 2.23. The Labute approximate surface area is 120 Å². The van der Waals surface area contributed by atoms with Crippen LogP contribution in [-0.2, 0) is 6.54 Å². The number of rotatable bonds is 4. The van der Waals surface area contributed by atoms with Gasteiger partial charge >= 0.3 is 0 Å². The molecule has 0 spiro atoms. The van der Waals surface area contributed by atoms with Crippen molar-refractivity contribution in [3.8, 4) is 0 Å². The summed E-state index contributed by atoms with van der Waals surface area (Å²) in [7, 11) is 2.04. The van der Waals surface area contributed by atoms with E-state index in [-0.39, 0.29) is 6.04 Å². The Morgan fingerprint density at radius 1 is 1.50 bits per heavy atom. The topological polar surface area (TPSA) is 42.1 Å². The second-order valence-electron chi connectivity index (χ2n) is 4.32. The first-order valence-electron chi connectivity index (χ1n) is 5.72. The summed E-state index contributed by atoms with van der Waals surface area (Å²) in [6.07, 6.45) is 1.81. The van der Waals surface area contributed by atoms with E-state index in [4.69, 9.17) is 5.73 Å². The van der Waals surface area contributed by atoms with Crippen LogP contribution >= 0.6 is 27.3 Å². The van der Waals surface area contributed by atoms with Crippen molar-refractivity contribution in [1.82, 2.24) is 4.98 Å². The molecule has 0 aromatic carbocycles. The Kier molecular flexibility index (Phi) is 4.37. The highest BCUT2D eigenvalue weighted by Gasteiger charge is 2.07. The third kappa shape index (κ3) is 3.31. The minimum atomic E-state index is 0.0380. The van der Waals surface area contributed by atoms with Crippen LogP contribution in [0, 0.1) is 0 Å². The van der Waals surface area contributed by atoms with Gasteiger partial charge in [0.05, 0.1) is 6.54 Å². The smallest absolute Gasteiger partial charge is 0.128 e. The van der Waals surface area contributed by atoms with E-state index in [1.54, 1.807) is 11.3 Å². The zero-order valence-electron chi connectivity index (χ0n) is 10.4. The van der Waals surface area contributed by atoms with E-state index < -0.39 is 0 Å². The maximum atomic E-state index is 5.89. The van der Waals surface area contributed by atoms with Crippen molar-refractivity contribution in [3.05, 3.63) is 44.7 Å². The molecule has 0 amide bonds. The van der Waals surface area contributed by atoms with Gasteiger partial charge in [0.25, 0.3) is 0 Å². The highest BCUT2D eigenvalue weighted by atomic mass is 79.9. The summed E-state index contributed by atoms with van der Waals surface area (Å²) in [5, 5.41) is 2.09. The van der Waals surface area contributed by atoms with Crippen LogP contribution in [0.15, 0.2) is 34.2 Å². The lowest BCUT2D eigenvalue weighted by Gasteiger charge is -2.18. The third-order valence-electron chi connectivity index (χ3n) is 2.70. The van der Waals surface area contributed by atoms with Gasteiger partial charge in [0.15, 0.2) is 0 Å². The molecule has 0 aliphatic rings. The summed E-state index contributed by atoms with van der Waals surface area (Å²) in [5.74, 6) is 0.953. The zero-order valence-corrected chi connectivity index (χ0v) is 12.8. The van der Waals surface area contributed by atoms with Gasteiger partial charge in [-0.05, 0) is 46.6 Å². The molecule has 0 radical (unpaired) electrons. The predicted molar refractivity (Wildman–Crippen MR) is 81.0 cm³/mol. The van der Waals surface area contributed by atoms with Gasteiger partial charge in [-0.1, -0.05) is 0 Å². The molecule has 0 unspecified atom stereocenters. The van der Waals surface area contributed by atoms with E-state index >= 15 is 0 Å². The van der Waals surface area contributed by atoms with Crippen LogP contribution in [0.3, 0.4) is 0 Å². The molecule has 96 valence electrons. The quantitative estimate of drug-likeness (QED) is 0.934. The van der Waals surface area contributed by atoms with E-state index in [2.05, 4.69) is 37.3 Å². The standard InChI is InChI=1S/C13H16BrN3S/c1-9(15)10-3-4-16-13(5-10)17(2)7-12-6-11(14)8-18-12/h3-6,8-9H,7,15H2,1-2H3/t9-/m1/s1. The average molecular weight is 326 g/mol. The molecule has 18 heavy (non-hydrogen) atoms. The first kappa shape index (κ1) is 13.5. The number of hydrogen-bond acceptors (Lipinski definition) is 4. The van der Waals surface area contributed by atoms with Crippen molar-refractivity contribution >= 4 is 33.1 Å². The molecule has 0 aliphatic carbocycles. The molecule has 2 heterocycles. The van der Waals surface area contributed by atoms with Crippen LogP contribution in [0.25, 0.3) is 0 Å². The molecular formula is C13H16BrN3S. The van der Waals surface area contributed by atoms with E-state index in [9.17, 15) is 0 Å². The van der Waals surface area contributed by atoms with Gasteiger partial charge in [-0.25, -0.2) is 4.98 Å². The van der Waals surface area contributed by atoms with Crippen molar-refractivity contribution in [2.45, 2.75) is 19.5 Å². The Bertz CT molecular complexity index is 524. The Morgan fingerprint density at radius 3 is 2.89 bits per heavy atom. The van der Waals surface area contributed by atoms with Crippen molar-refractivity contribution in [3.63, 3.8) is 0 Å². The summed E-state index contributed by atoms with van der Waals surface area (Å²) < 4.78 is 1.13. The van der Waals surface area contributed by atoms with Gasteiger partial charge in [-0.15, -0.1) is 11.3 Å². The number of nitrogens with two attached hydrogens (primary N) is 1. The molecule has 2 N–H and O–H groups in total. The van der Waals surface area contributed by atoms with Crippen LogP contribution in [0.5, 0.6) is 0 Å². The number of halogens is 1. The van der Waals surface area contributed by atoms with Gasteiger partial charge in [-0.3, -0.25) is 0 Å². The van der Waals surface area contributed by atoms with Crippen LogP contribution in [0.4, 0.5) is 5.82 Å². The van der Waals surface area contributed by atoms with E-state index in [0.29, 0.717) is 0 Å². The monoisotopic (exact) mass is 325 g/mol. The van der Waals surface area contributed by atoms with Gasteiger partial charge < -0.3 is 10.6 Å². The van der Waals surface area contributed by atoms with Crippen molar-refractivity contribution < 1.29 is 0 Å². The second-order valence-corrected chi connectivity index (χ2v) is 6.23. The molecule has 0 saturated carbocycles. The van der Waals surface area contributed by atoms with Gasteiger partial charge in [-0.2, -0.15) is 0 Å².